The van der Waals surface area contributed by atoms with E-state index >= 15 is 0 Å². The van der Waals surface area contributed by atoms with Crippen molar-refractivity contribution in [3.8, 4) is 0 Å². The molecule has 2 amide bonds. The van der Waals surface area contributed by atoms with Crippen LogP contribution in [0.2, 0.25) is 0 Å². The Morgan fingerprint density at radius 1 is 0.902 bits per heavy atom. The molecule has 3 rings (SSSR count). The molecule has 0 spiro atoms. The number of alkyl halides is 3. The van der Waals surface area contributed by atoms with Gasteiger partial charge >= 0.3 is 6.18 Å². The number of hydrogen-bond donors (Lipinski definition) is 1. The van der Waals surface area contributed by atoms with Crippen molar-refractivity contribution in [1.82, 2.24) is 10.2 Å². The minimum atomic E-state index is -4.71. The van der Waals surface area contributed by atoms with E-state index < -0.39 is 46.2 Å². The first-order valence-corrected chi connectivity index (χ1v) is 15.0. The van der Waals surface area contributed by atoms with Gasteiger partial charge in [-0.05, 0) is 42.7 Å². The van der Waals surface area contributed by atoms with Gasteiger partial charge in [-0.25, -0.2) is 8.42 Å². The molecule has 0 bridgehead atoms. The third kappa shape index (κ3) is 9.07. The van der Waals surface area contributed by atoms with Crippen LogP contribution in [0.3, 0.4) is 0 Å². The molecule has 1 N–H and O–H groups in total. The summed E-state index contributed by atoms with van der Waals surface area (Å²) in [6.45, 7) is 2.92. The predicted octanol–water partition coefficient (Wildman–Crippen LogP) is 5.03. The Bertz CT molecular complexity index is 1420. The highest BCUT2D eigenvalue weighted by molar-refractivity contribution is 7.92. The molecule has 3 aromatic rings. The Kier molecular flexibility index (Phi) is 10.6. The molecule has 220 valence electrons. The fraction of sp³-hybridized carbons (Fsp3) is 0.333. The first kappa shape index (κ1) is 31.7. The van der Waals surface area contributed by atoms with Crippen LogP contribution in [0.25, 0.3) is 0 Å². The largest absolute Gasteiger partial charge is 0.416 e. The highest BCUT2D eigenvalue weighted by Crippen LogP contribution is 2.32. The normalized spacial score (nSPS) is 13.2. The Balaban J connectivity index is 2.06. The van der Waals surface area contributed by atoms with Crippen LogP contribution in [0, 0.1) is 0 Å². The van der Waals surface area contributed by atoms with E-state index in [9.17, 15) is 31.2 Å². The van der Waals surface area contributed by atoms with Crippen molar-refractivity contribution >= 4 is 27.5 Å². The number of sulfonamides is 1. The van der Waals surface area contributed by atoms with E-state index in [-0.39, 0.29) is 24.7 Å². The summed E-state index contributed by atoms with van der Waals surface area (Å²) in [5.74, 6) is -1.16. The first-order valence-electron chi connectivity index (χ1n) is 13.1. The molecule has 0 aliphatic heterocycles. The zero-order valence-corrected chi connectivity index (χ0v) is 24.0. The molecule has 0 saturated carbocycles. The molecule has 0 aliphatic rings. The molecular formula is C30H34F3N3O4S. The number of benzene rings is 3. The van der Waals surface area contributed by atoms with Gasteiger partial charge in [-0.3, -0.25) is 13.9 Å². The van der Waals surface area contributed by atoms with Gasteiger partial charge in [-0.2, -0.15) is 13.2 Å². The summed E-state index contributed by atoms with van der Waals surface area (Å²) < 4.78 is 66.4. The molecule has 2 atom stereocenters. The molecule has 0 aliphatic carbocycles. The van der Waals surface area contributed by atoms with E-state index in [1.807, 2.05) is 32.0 Å². The summed E-state index contributed by atoms with van der Waals surface area (Å²) in [4.78, 5) is 28.9. The van der Waals surface area contributed by atoms with E-state index in [0.29, 0.717) is 22.4 Å². The van der Waals surface area contributed by atoms with Gasteiger partial charge in [-0.15, -0.1) is 0 Å². The van der Waals surface area contributed by atoms with Gasteiger partial charge in [0.05, 0.1) is 17.5 Å². The van der Waals surface area contributed by atoms with E-state index in [1.54, 1.807) is 42.5 Å². The average Bonchev–Trinajstić information content (AvgIpc) is 2.93. The van der Waals surface area contributed by atoms with Gasteiger partial charge in [0.1, 0.15) is 12.6 Å². The summed E-state index contributed by atoms with van der Waals surface area (Å²) >= 11 is 0. The Morgan fingerprint density at radius 3 is 2.02 bits per heavy atom. The lowest BCUT2D eigenvalue weighted by molar-refractivity contribution is -0.140. The minimum absolute atomic E-state index is 0.0225. The van der Waals surface area contributed by atoms with Crippen molar-refractivity contribution in [3.63, 3.8) is 0 Å². The van der Waals surface area contributed by atoms with Crippen LogP contribution in [0.5, 0.6) is 0 Å². The predicted molar refractivity (Wildman–Crippen MR) is 152 cm³/mol. The standard InChI is InChI=1S/C30H34F3N3O4S/c1-4-22(2)34-29(38)27(18-23-12-7-5-8-13-23)35(20-24-14-9-6-10-15-24)28(37)21-36(41(3,39)40)26-17-11-16-25(19-26)30(31,32)33/h5-17,19,22,27H,4,18,20-21H2,1-3H3,(H,34,38)/t22-,27-/m0/s1. The van der Waals surface area contributed by atoms with Crippen molar-refractivity contribution in [2.75, 3.05) is 17.1 Å². The van der Waals surface area contributed by atoms with E-state index in [4.69, 9.17) is 0 Å². The molecular weight excluding hydrogens is 555 g/mol. The monoisotopic (exact) mass is 589 g/mol. The smallest absolute Gasteiger partial charge is 0.352 e. The third-order valence-electron chi connectivity index (χ3n) is 6.61. The summed E-state index contributed by atoms with van der Waals surface area (Å²) in [6.07, 6.45) is -3.10. The van der Waals surface area contributed by atoms with Gasteiger partial charge in [0.15, 0.2) is 0 Å². The molecule has 3 aromatic carbocycles. The highest BCUT2D eigenvalue weighted by Gasteiger charge is 2.35. The van der Waals surface area contributed by atoms with Crippen molar-refractivity contribution in [1.29, 1.82) is 0 Å². The van der Waals surface area contributed by atoms with E-state index in [1.165, 1.54) is 11.0 Å². The number of halogens is 3. The van der Waals surface area contributed by atoms with Crippen molar-refractivity contribution in [2.24, 2.45) is 0 Å². The lowest BCUT2D eigenvalue weighted by Crippen LogP contribution is -2.54. The summed E-state index contributed by atoms with van der Waals surface area (Å²) in [7, 11) is -4.19. The Morgan fingerprint density at radius 2 is 1.49 bits per heavy atom. The second-order valence-electron chi connectivity index (χ2n) is 9.85. The topological polar surface area (TPSA) is 86.8 Å². The maximum absolute atomic E-state index is 14.0. The van der Waals surface area contributed by atoms with Crippen LogP contribution in [-0.2, 0) is 38.8 Å². The van der Waals surface area contributed by atoms with Gasteiger partial charge < -0.3 is 10.2 Å². The zero-order valence-electron chi connectivity index (χ0n) is 23.1. The number of rotatable bonds is 12. The molecule has 0 saturated heterocycles. The zero-order chi connectivity index (χ0) is 30.2. The SMILES string of the molecule is CC[C@H](C)NC(=O)[C@H](Cc1ccccc1)N(Cc1ccccc1)C(=O)CN(c1cccc(C(F)(F)F)c1)S(C)(=O)=O. The van der Waals surface area contributed by atoms with Gasteiger partial charge in [-0.1, -0.05) is 73.7 Å². The third-order valence-corrected chi connectivity index (χ3v) is 7.75. The van der Waals surface area contributed by atoms with Gasteiger partial charge in [0.25, 0.3) is 0 Å². The number of nitrogens with zero attached hydrogens (tertiary/aromatic N) is 2. The minimum Gasteiger partial charge on any atom is -0.352 e. The fourth-order valence-corrected chi connectivity index (χ4v) is 5.07. The number of nitrogens with one attached hydrogen (secondary N) is 1. The number of carbonyl (C=O) groups excluding carboxylic acids is 2. The number of amides is 2. The van der Waals surface area contributed by atoms with Gasteiger partial charge in [0.2, 0.25) is 21.8 Å². The molecule has 7 nitrogen and oxygen atoms in total. The number of hydrogen-bond acceptors (Lipinski definition) is 4. The second-order valence-corrected chi connectivity index (χ2v) is 11.8. The fourth-order valence-electron chi connectivity index (χ4n) is 4.23. The second kappa shape index (κ2) is 13.7. The van der Waals surface area contributed by atoms with Crippen LogP contribution in [0.4, 0.5) is 18.9 Å². The summed E-state index contributed by atoms with van der Waals surface area (Å²) in [5.41, 5.74) is 0.117. The van der Waals surface area contributed by atoms with Crippen molar-refractivity contribution in [2.45, 2.75) is 51.5 Å². The number of anilines is 1. The van der Waals surface area contributed by atoms with E-state index in [2.05, 4.69) is 5.32 Å². The quantitative estimate of drug-likeness (QED) is 0.321. The average molecular weight is 590 g/mol. The van der Waals surface area contributed by atoms with Crippen molar-refractivity contribution in [3.05, 3.63) is 102 Å². The van der Waals surface area contributed by atoms with Crippen LogP contribution >= 0.6 is 0 Å². The molecule has 0 unspecified atom stereocenters. The van der Waals surface area contributed by atoms with Crippen LogP contribution in [0.15, 0.2) is 84.9 Å². The summed E-state index contributed by atoms with van der Waals surface area (Å²) in [6, 6.07) is 20.5. The van der Waals surface area contributed by atoms with Crippen LogP contribution in [0.1, 0.15) is 37.0 Å². The lowest BCUT2D eigenvalue weighted by Gasteiger charge is -2.34. The molecule has 0 fully saturated rings. The Labute approximate surface area is 239 Å². The van der Waals surface area contributed by atoms with Crippen LogP contribution < -0.4 is 9.62 Å². The first-order chi connectivity index (χ1) is 19.3. The maximum atomic E-state index is 14.0. The number of carbonyl (C=O) groups is 2. The summed E-state index contributed by atoms with van der Waals surface area (Å²) in [5, 5.41) is 2.92. The molecule has 11 heteroatoms. The molecule has 0 aromatic heterocycles. The van der Waals surface area contributed by atoms with E-state index in [0.717, 1.165) is 24.0 Å². The lowest BCUT2D eigenvalue weighted by atomic mass is 10.0. The van der Waals surface area contributed by atoms with Gasteiger partial charge in [0, 0.05) is 19.0 Å². The molecule has 0 radical (unpaired) electrons. The Hall–Kier alpha value is -3.86. The molecule has 0 heterocycles. The molecule has 41 heavy (non-hydrogen) atoms. The van der Waals surface area contributed by atoms with Crippen molar-refractivity contribution < 1.29 is 31.2 Å². The van der Waals surface area contributed by atoms with Crippen LogP contribution in [-0.4, -0.2) is 50.0 Å². The maximum Gasteiger partial charge on any atom is 0.416 e. The highest BCUT2D eigenvalue weighted by atomic mass is 32.2.